The van der Waals surface area contributed by atoms with E-state index >= 15 is 0 Å². The van der Waals surface area contributed by atoms with Gasteiger partial charge in [-0.15, -0.1) is 0 Å². The Morgan fingerprint density at radius 3 is 2.67 bits per heavy atom. The summed E-state index contributed by atoms with van der Waals surface area (Å²) < 4.78 is 13.1. The minimum Gasteiger partial charge on any atom is -0.462 e. The molecule has 0 aliphatic carbocycles. The summed E-state index contributed by atoms with van der Waals surface area (Å²) >= 11 is 3.77. The van der Waals surface area contributed by atoms with Crippen LogP contribution in [0.25, 0.3) is 10.8 Å². The molecule has 2 atom stereocenters. The van der Waals surface area contributed by atoms with E-state index in [1.165, 1.54) is 0 Å². The van der Waals surface area contributed by atoms with Crippen molar-refractivity contribution in [3.8, 4) is 12.1 Å². The maximum Gasteiger partial charge on any atom is 0.410 e. The highest BCUT2D eigenvalue weighted by Gasteiger charge is 2.35. The van der Waals surface area contributed by atoms with Crippen LogP contribution in [0.3, 0.4) is 0 Å². The van der Waals surface area contributed by atoms with Gasteiger partial charge in [-0.05, 0) is 62.4 Å². The number of hydrogen-bond acceptors (Lipinski definition) is 10. The standard InChI is InChI=1S/C37H41BrN8O3/c1-43-18-6-11-29(43)25-48-36-41-32-23-44(35-33-27(15-17-40-35)10-5-13-31(33)38)19-7-12-30(32)34(42-36)45-20-21-46(28(22-45)14-16-39)37(47)49-24-26-8-3-2-4-9-26/h2-5,8-10,13,15,17,28-29H,6-7,11-12,14,18-25H2,1H3/t28-,29-/m0/s1. The van der Waals surface area contributed by atoms with Crippen molar-refractivity contribution in [2.75, 3.05) is 56.2 Å². The molecule has 254 valence electrons. The van der Waals surface area contributed by atoms with Crippen LogP contribution < -0.4 is 14.5 Å². The van der Waals surface area contributed by atoms with Crippen molar-refractivity contribution in [1.82, 2.24) is 24.8 Å². The zero-order valence-corrected chi connectivity index (χ0v) is 29.4. The molecule has 5 heterocycles. The second-order valence-corrected chi connectivity index (χ2v) is 13.9. The Labute approximate surface area is 295 Å². The van der Waals surface area contributed by atoms with E-state index in [1.807, 2.05) is 48.7 Å². The number of rotatable bonds is 8. The molecule has 7 rings (SSSR count). The molecular formula is C37H41BrN8O3. The quantitative estimate of drug-likeness (QED) is 0.216. The van der Waals surface area contributed by atoms with Crippen molar-refractivity contribution in [3.05, 3.63) is 82.1 Å². The molecule has 4 aromatic rings. The highest BCUT2D eigenvalue weighted by Crippen LogP contribution is 2.36. The van der Waals surface area contributed by atoms with Crippen molar-refractivity contribution < 1.29 is 14.3 Å². The fraction of sp³-hybridized carbons (Fsp3) is 0.432. The molecule has 3 aliphatic heterocycles. The zero-order chi connectivity index (χ0) is 33.7. The second kappa shape index (κ2) is 15.0. The van der Waals surface area contributed by atoms with Crippen LogP contribution in [-0.4, -0.2) is 89.3 Å². The lowest BCUT2D eigenvalue weighted by Gasteiger charge is -2.41. The molecule has 0 N–H and O–H groups in total. The van der Waals surface area contributed by atoms with Gasteiger partial charge in [-0.25, -0.2) is 9.78 Å². The fourth-order valence-corrected chi connectivity index (χ4v) is 7.79. The highest BCUT2D eigenvalue weighted by molar-refractivity contribution is 9.10. The van der Waals surface area contributed by atoms with E-state index in [0.29, 0.717) is 44.8 Å². The highest BCUT2D eigenvalue weighted by atomic mass is 79.9. The number of aromatic nitrogens is 3. The van der Waals surface area contributed by atoms with Gasteiger partial charge in [-0.1, -0.05) is 58.4 Å². The summed E-state index contributed by atoms with van der Waals surface area (Å²) in [5, 5.41) is 12.0. The Balaban J connectivity index is 1.18. The minimum absolute atomic E-state index is 0.189. The van der Waals surface area contributed by atoms with Crippen LogP contribution >= 0.6 is 15.9 Å². The number of fused-ring (bicyclic) bond motifs is 2. The molecule has 2 aromatic heterocycles. The van der Waals surface area contributed by atoms with Gasteiger partial charge in [0.15, 0.2) is 0 Å². The molecule has 12 heteroatoms. The molecule has 0 unspecified atom stereocenters. The molecule has 0 bridgehead atoms. The van der Waals surface area contributed by atoms with Crippen molar-refractivity contribution >= 4 is 44.4 Å². The third-order valence-corrected chi connectivity index (χ3v) is 10.6. The van der Waals surface area contributed by atoms with Crippen LogP contribution in [-0.2, 0) is 24.3 Å². The molecule has 2 aromatic carbocycles. The first kappa shape index (κ1) is 33.0. The van der Waals surface area contributed by atoms with E-state index in [-0.39, 0.29) is 19.1 Å². The summed E-state index contributed by atoms with van der Waals surface area (Å²) in [6.45, 7) is 4.58. The summed E-state index contributed by atoms with van der Waals surface area (Å²) in [5.74, 6) is 1.75. The lowest BCUT2D eigenvalue weighted by atomic mass is 10.1. The molecule has 0 spiro atoms. The van der Waals surface area contributed by atoms with Crippen LogP contribution in [0.4, 0.5) is 16.4 Å². The van der Waals surface area contributed by atoms with Gasteiger partial charge in [0, 0.05) is 53.8 Å². The molecule has 0 radical (unpaired) electrons. The molecule has 1 amide bonds. The van der Waals surface area contributed by atoms with Crippen molar-refractivity contribution in [1.29, 1.82) is 5.26 Å². The number of amides is 1. The SMILES string of the molecule is CN1CCC[C@H]1COc1nc2c(c(N3CCN(C(=O)OCc4ccccc4)[C@@H](CC#N)C3)n1)CCCN(c1nccc3cccc(Br)c13)C2. The Morgan fingerprint density at radius 1 is 0.980 bits per heavy atom. The average molecular weight is 726 g/mol. The van der Waals surface area contributed by atoms with Gasteiger partial charge in [0.25, 0.3) is 0 Å². The molecule has 3 aliphatic rings. The van der Waals surface area contributed by atoms with Gasteiger partial charge in [-0.3, -0.25) is 0 Å². The van der Waals surface area contributed by atoms with Gasteiger partial charge in [-0.2, -0.15) is 15.2 Å². The van der Waals surface area contributed by atoms with Crippen molar-refractivity contribution in [2.45, 2.75) is 57.3 Å². The Kier molecular flexibility index (Phi) is 10.1. The smallest absolute Gasteiger partial charge is 0.410 e. The van der Waals surface area contributed by atoms with Crippen molar-refractivity contribution in [2.24, 2.45) is 0 Å². The number of piperazine rings is 1. The first-order chi connectivity index (χ1) is 24.0. The largest absolute Gasteiger partial charge is 0.462 e. The van der Waals surface area contributed by atoms with E-state index < -0.39 is 6.09 Å². The summed E-state index contributed by atoms with van der Waals surface area (Å²) in [6, 6.07) is 20.5. The predicted octanol–water partition coefficient (Wildman–Crippen LogP) is 5.95. The molecule has 2 saturated heterocycles. The van der Waals surface area contributed by atoms with E-state index in [2.05, 4.69) is 55.9 Å². The topological polar surface area (TPSA) is 111 Å². The lowest BCUT2D eigenvalue weighted by Crippen LogP contribution is -2.55. The third kappa shape index (κ3) is 7.28. The summed E-state index contributed by atoms with van der Waals surface area (Å²) in [6.07, 6.45) is 5.58. The number of likely N-dealkylation sites (N-methyl/N-ethyl adjacent to an activating group) is 1. The molecule has 49 heavy (non-hydrogen) atoms. The number of halogens is 1. The van der Waals surface area contributed by atoms with Gasteiger partial charge in [0.05, 0.1) is 30.8 Å². The number of carbonyl (C=O) groups excluding carboxylic acids is 1. The number of likely N-dealkylation sites (tertiary alicyclic amines) is 1. The number of benzene rings is 2. The van der Waals surface area contributed by atoms with Gasteiger partial charge < -0.3 is 29.1 Å². The van der Waals surface area contributed by atoms with Gasteiger partial charge >= 0.3 is 12.1 Å². The first-order valence-corrected chi connectivity index (χ1v) is 17.9. The van der Waals surface area contributed by atoms with Crippen LogP contribution in [0.15, 0.2) is 65.3 Å². The summed E-state index contributed by atoms with van der Waals surface area (Å²) in [5.41, 5.74) is 2.93. The van der Waals surface area contributed by atoms with E-state index in [0.717, 1.165) is 82.5 Å². The lowest BCUT2D eigenvalue weighted by molar-refractivity contribution is 0.0767. The van der Waals surface area contributed by atoms with Crippen LogP contribution in [0.2, 0.25) is 0 Å². The number of pyridine rings is 1. The van der Waals surface area contributed by atoms with E-state index in [4.69, 9.17) is 24.4 Å². The van der Waals surface area contributed by atoms with E-state index in [9.17, 15) is 10.1 Å². The van der Waals surface area contributed by atoms with E-state index in [1.54, 1.807) is 4.90 Å². The summed E-state index contributed by atoms with van der Waals surface area (Å²) in [7, 11) is 2.14. The number of anilines is 2. The average Bonchev–Trinajstić information content (AvgIpc) is 3.41. The fourth-order valence-electron chi connectivity index (χ4n) is 7.23. The second-order valence-electron chi connectivity index (χ2n) is 13.0. The molecular weight excluding hydrogens is 684 g/mol. The normalized spacial score (nSPS) is 19.7. The Morgan fingerprint density at radius 2 is 1.86 bits per heavy atom. The monoisotopic (exact) mass is 724 g/mol. The van der Waals surface area contributed by atoms with Gasteiger partial charge in [0.1, 0.15) is 24.8 Å². The molecule has 2 fully saturated rings. The maximum absolute atomic E-state index is 13.3. The Bertz CT molecular complexity index is 1830. The predicted molar refractivity (Wildman–Crippen MR) is 192 cm³/mol. The van der Waals surface area contributed by atoms with Crippen LogP contribution in [0, 0.1) is 11.3 Å². The van der Waals surface area contributed by atoms with Gasteiger partial charge in [0.2, 0.25) is 0 Å². The zero-order valence-electron chi connectivity index (χ0n) is 27.8. The molecule has 11 nitrogen and oxygen atoms in total. The molecule has 0 saturated carbocycles. The first-order valence-electron chi connectivity index (χ1n) is 17.1. The third-order valence-electron chi connectivity index (χ3n) is 9.89. The number of nitrogens with zero attached hydrogens (tertiary/aromatic N) is 8. The number of carbonyl (C=O) groups is 1. The summed E-state index contributed by atoms with van der Waals surface area (Å²) in [4.78, 5) is 36.8. The van der Waals surface area contributed by atoms with Crippen LogP contribution in [0.1, 0.15) is 42.5 Å². The van der Waals surface area contributed by atoms with Crippen LogP contribution in [0.5, 0.6) is 6.01 Å². The number of hydrogen-bond donors (Lipinski definition) is 0. The Hall–Kier alpha value is -4.47. The number of nitriles is 1. The minimum atomic E-state index is -0.403. The number of ether oxygens (including phenoxy) is 2. The maximum atomic E-state index is 13.3. The van der Waals surface area contributed by atoms with Crippen molar-refractivity contribution in [3.63, 3.8) is 0 Å².